The lowest BCUT2D eigenvalue weighted by atomic mass is 10.3. The highest BCUT2D eigenvalue weighted by Gasteiger charge is 1.90. The third-order valence-corrected chi connectivity index (χ3v) is 1.24. The summed E-state index contributed by atoms with van der Waals surface area (Å²) in [6.07, 6.45) is 2.64. The summed E-state index contributed by atoms with van der Waals surface area (Å²) < 4.78 is 4.96. The smallest absolute Gasteiger partial charge is 0.170 e. The second-order valence-corrected chi connectivity index (χ2v) is 1.83. The molecule has 0 aliphatic heterocycles. The van der Waals surface area contributed by atoms with Gasteiger partial charge in [0.05, 0.1) is 0 Å². The second-order valence-electron chi connectivity index (χ2n) is 1.83. The number of hydrogen-bond acceptors (Lipinski definition) is 1. The Morgan fingerprint density at radius 1 is 1.33 bits per heavy atom. The van der Waals surface area contributed by atoms with E-state index < -0.39 is 0 Å². The van der Waals surface area contributed by atoms with Gasteiger partial charge in [0, 0.05) is 5.39 Å². The van der Waals surface area contributed by atoms with Crippen molar-refractivity contribution in [3.05, 3.63) is 36.6 Å². The fraction of sp³-hybridized carbons (Fsp3) is 0. The maximum absolute atomic E-state index is 4.96. The molecule has 0 aliphatic rings. The van der Waals surface area contributed by atoms with Gasteiger partial charge in [0.15, 0.2) is 6.26 Å². The van der Waals surface area contributed by atoms with Gasteiger partial charge in [0.2, 0.25) is 0 Å². The van der Waals surface area contributed by atoms with Crippen LogP contribution in [0.4, 0.5) is 0 Å². The Hall–Kier alpha value is -1.24. The van der Waals surface area contributed by atoms with Crippen molar-refractivity contribution in [1.82, 2.24) is 0 Å². The maximum Gasteiger partial charge on any atom is 0.170 e. The van der Waals surface area contributed by atoms with Crippen LogP contribution in [0.5, 0.6) is 0 Å². The monoisotopic (exact) mass is 116 g/mol. The van der Waals surface area contributed by atoms with Crippen LogP contribution in [0.2, 0.25) is 0 Å². The Morgan fingerprint density at radius 2 is 2.33 bits per heavy atom. The van der Waals surface area contributed by atoms with Crippen molar-refractivity contribution in [2.24, 2.45) is 0 Å². The van der Waals surface area contributed by atoms with E-state index in [1.165, 1.54) is 0 Å². The largest absolute Gasteiger partial charge is 0.453 e. The van der Waals surface area contributed by atoms with Crippen molar-refractivity contribution in [1.29, 1.82) is 0 Å². The third-order valence-electron chi connectivity index (χ3n) is 1.24. The molecule has 0 unspecified atom stereocenters. The molecule has 2 rings (SSSR count). The van der Waals surface area contributed by atoms with Gasteiger partial charge >= 0.3 is 0 Å². The summed E-state index contributed by atoms with van der Waals surface area (Å²) in [5, 5.41) is 1.08. The van der Waals surface area contributed by atoms with E-state index in [0.29, 0.717) is 0 Å². The number of hydrogen-bond donors (Lipinski definition) is 0. The summed E-state index contributed by atoms with van der Waals surface area (Å²) in [6, 6.07) is 10.3. The lowest BCUT2D eigenvalue weighted by Gasteiger charge is -1.80. The number of benzene rings is 1. The molecule has 0 amide bonds. The zero-order chi connectivity index (χ0) is 6.10. The summed E-state index contributed by atoms with van der Waals surface area (Å²) in [7, 11) is 0. The van der Waals surface area contributed by atoms with Gasteiger partial charge < -0.3 is 4.42 Å². The second kappa shape index (κ2) is 1.62. The molecule has 1 heteroatoms. The minimum Gasteiger partial charge on any atom is -0.453 e. The molecule has 9 heavy (non-hydrogen) atoms. The van der Waals surface area contributed by atoms with Crippen LogP contribution in [0.25, 0.3) is 11.0 Å². The van der Waals surface area contributed by atoms with Gasteiger partial charge in [-0.1, -0.05) is 12.1 Å². The topological polar surface area (TPSA) is 13.1 Å². The molecule has 0 atom stereocenters. The van der Waals surface area contributed by atoms with Crippen molar-refractivity contribution < 1.29 is 4.42 Å². The first-order chi connectivity index (χ1) is 4.47. The lowest BCUT2D eigenvalue weighted by Crippen LogP contribution is -1.58. The van der Waals surface area contributed by atoms with E-state index in [1.54, 1.807) is 6.07 Å². The van der Waals surface area contributed by atoms with E-state index in [0.717, 1.165) is 11.0 Å². The van der Waals surface area contributed by atoms with Gasteiger partial charge in [-0.15, -0.1) is 0 Å². The number of fused-ring (bicyclic) bond motifs is 1. The first-order valence-electron chi connectivity index (χ1n) is 2.72. The normalized spacial score (nSPS) is 10.2. The summed E-state index contributed by atoms with van der Waals surface area (Å²) in [5.41, 5.74) is 0.845. The van der Waals surface area contributed by atoms with E-state index in [4.69, 9.17) is 4.42 Å². The predicted octanol–water partition coefficient (Wildman–Crippen LogP) is 2.03. The van der Waals surface area contributed by atoms with Crippen molar-refractivity contribution in [3.8, 4) is 0 Å². The van der Waals surface area contributed by atoms with Gasteiger partial charge in [-0.05, 0) is 18.2 Å². The number of rotatable bonds is 0. The van der Waals surface area contributed by atoms with Crippen molar-refractivity contribution >= 4 is 11.0 Å². The Kier molecular flexibility index (Phi) is 0.833. The van der Waals surface area contributed by atoms with Crippen molar-refractivity contribution in [2.45, 2.75) is 0 Å². The summed E-state index contributed by atoms with van der Waals surface area (Å²) in [5.74, 6) is 0. The Balaban J connectivity index is 2.95. The molecule has 0 aliphatic carbocycles. The van der Waals surface area contributed by atoms with Gasteiger partial charge in [-0.25, -0.2) is 0 Å². The molecule has 2 aromatic rings. The zero-order valence-electron chi connectivity index (χ0n) is 4.72. The van der Waals surface area contributed by atoms with Crippen LogP contribution in [0.3, 0.4) is 0 Å². The standard InChI is InChI=1S/C8H4O/c1-2-4-8-7(3-1)5-6-9-8/h1,3-5H. The molecule has 1 nitrogen and oxygen atoms in total. The first-order valence-corrected chi connectivity index (χ1v) is 2.72. The van der Waals surface area contributed by atoms with Crippen LogP contribution in [0, 0.1) is 12.3 Å². The molecule has 0 saturated carbocycles. The van der Waals surface area contributed by atoms with Crippen molar-refractivity contribution in [3.63, 3.8) is 0 Å². The quantitative estimate of drug-likeness (QED) is 0.513. The molecule has 0 saturated heterocycles. The molecule has 42 valence electrons. The summed E-state index contributed by atoms with van der Waals surface area (Å²) >= 11 is 0. The lowest BCUT2D eigenvalue weighted by molar-refractivity contribution is 0.606. The van der Waals surface area contributed by atoms with E-state index in [-0.39, 0.29) is 0 Å². The van der Waals surface area contributed by atoms with Gasteiger partial charge in [0.1, 0.15) is 5.58 Å². The van der Waals surface area contributed by atoms with Crippen LogP contribution in [-0.2, 0) is 0 Å². The van der Waals surface area contributed by atoms with Crippen LogP contribution in [0.15, 0.2) is 28.7 Å². The van der Waals surface area contributed by atoms with Crippen LogP contribution in [0.1, 0.15) is 0 Å². The average Bonchev–Trinajstić information content (AvgIpc) is 2.33. The molecule has 1 aromatic heterocycles. The fourth-order valence-corrected chi connectivity index (χ4v) is 0.791. The number of furan rings is 1. The Bertz CT molecular complexity index is 279. The van der Waals surface area contributed by atoms with Crippen molar-refractivity contribution in [2.75, 3.05) is 0 Å². The highest BCUT2D eigenvalue weighted by atomic mass is 16.3. The molecule has 2 radical (unpaired) electrons. The third kappa shape index (κ3) is 0.617. The summed E-state index contributed by atoms with van der Waals surface area (Å²) in [6.45, 7) is 0. The van der Waals surface area contributed by atoms with E-state index in [9.17, 15) is 0 Å². The molecule has 0 fully saturated rings. The zero-order valence-corrected chi connectivity index (χ0v) is 4.72. The fourth-order valence-electron chi connectivity index (χ4n) is 0.791. The average molecular weight is 116 g/mol. The molecule has 0 N–H and O–H groups in total. The molecule has 1 heterocycles. The van der Waals surface area contributed by atoms with Gasteiger partial charge in [-0.2, -0.15) is 0 Å². The van der Waals surface area contributed by atoms with Crippen LogP contribution in [-0.4, -0.2) is 0 Å². The maximum atomic E-state index is 4.96. The van der Waals surface area contributed by atoms with E-state index >= 15 is 0 Å². The molecule has 0 bridgehead atoms. The molecule has 1 aromatic carbocycles. The Labute approximate surface area is 52.9 Å². The Morgan fingerprint density at radius 3 is 3.22 bits per heavy atom. The SMILES string of the molecule is [c]1ccc2c[c]oc2c1. The summed E-state index contributed by atoms with van der Waals surface area (Å²) in [4.78, 5) is 0. The first kappa shape index (κ1) is 4.62. The minimum absolute atomic E-state index is 0.845. The van der Waals surface area contributed by atoms with Crippen LogP contribution >= 0.6 is 0 Å². The minimum atomic E-state index is 0.845. The van der Waals surface area contributed by atoms with Crippen LogP contribution < -0.4 is 0 Å². The van der Waals surface area contributed by atoms with E-state index in [2.05, 4.69) is 12.3 Å². The molecular weight excluding hydrogens is 112 g/mol. The van der Waals surface area contributed by atoms with E-state index in [1.807, 2.05) is 18.2 Å². The molecular formula is C8H4O. The van der Waals surface area contributed by atoms with Gasteiger partial charge in [-0.3, -0.25) is 0 Å². The highest BCUT2D eigenvalue weighted by molar-refractivity contribution is 5.76. The molecule has 0 spiro atoms. The highest BCUT2D eigenvalue weighted by Crippen LogP contribution is 2.11. The predicted molar refractivity (Wildman–Crippen MR) is 33.9 cm³/mol. The van der Waals surface area contributed by atoms with Gasteiger partial charge in [0.25, 0.3) is 0 Å².